The third-order valence-electron chi connectivity index (χ3n) is 6.02. The summed E-state index contributed by atoms with van der Waals surface area (Å²) in [6.45, 7) is 7.06. The van der Waals surface area contributed by atoms with E-state index >= 15 is 0 Å². The number of ether oxygens (including phenoxy) is 2. The minimum atomic E-state index is -3.76. The minimum absolute atomic E-state index is 0.242. The number of rotatable bonds is 6. The molecule has 0 amide bonds. The Balaban J connectivity index is 1.60. The molecule has 0 spiro atoms. The van der Waals surface area contributed by atoms with E-state index in [0.717, 1.165) is 36.5 Å². The lowest BCUT2D eigenvalue weighted by Gasteiger charge is -2.39. The summed E-state index contributed by atoms with van der Waals surface area (Å²) in [5.74, 6) is 0. The molecule has 164 valence electrons. The standard InChI is InChI=1S/C21H27ClN2O4S2/c1-20(2)9-11-24(12-10-20)19-15(22)5-4-6-16(19)23-30(25,26)18-8-7-17(29-18)21(27-3)13-28-14-21/h4-8,23H,9-14H2,1-3H3. The topological polar surface area (TPSA) is 67.9 Å². The van der Waals surface area contributed by atoms with Crippen LogP contribution in [0.15, 0.2) is 34.5 Å². The van der Waals surface area contributed by atoms with Gasteiger partial charge in [-0.2, -0.15) is 0 Å². The Kier molecular flexibility index (Phi) is 5.83. The van der Waals surface area contributed by atoms with Crippen LogP contribution in [-0.4, -0.2) is 41.8 Å². The molecule has 0 saturated carbocycles. The van der Waals surface area contributed by atoms with E-state index in [1.807, 2.05) is 0 Å². The van der Waals surface area contributed by atoms with E-state index in [1.54, 1.807) is 37.4 Å². The summed E-state index contributed by atoms with van der Waals surface area (Å²) in [5.41, 5.74) is 0.995. The maximum absolute atomic E-state index is 13.2. The summed E-state index contributed by atoms with van der Waals surface area (Å²) >= 11 is 7.72. The van der Waals surface area contributed by atoms with Crippen molar-refractivity contribution in [2.45, 2.75) is 36.5 Å². The molecule has 2 saturated heterocycles. The van der Waals surface area contributed by atoms with Crippen LogP contribution in [0, 0.1) is 5.41 Å². The summed E-state index contributed by atoms with van der Waals surface area (Å²) in [4.78, 5) is 3.03. The van der Waals surface area contributed by atoms with E-state index in [1.165, 1.54) is 11.3 Å². The van der Waals surface area contributed by atoms with Crippen molar-refractivity contribution in [3.63, 3.8) is 0 Å². The predicted octanol–water partition coefficient (Wildman–Crippen LogP) is 4.70. The lowest BCUT2D eigenvalue weighted by molar-refractivity contribution is -0.200. The van der Waals surface area contributed by atoms with E-state index in [2.05, 4.69) is 23.5 Å². The van der Waals surface area contributed by atoms with Crippen molar-refractivity contribution < 1.29 is 17.9 Å². The molecule has 3 heterocycles. The zero-order valence-corrected chi connectivity index (χ0v) is 19.8. The first-order valence-electron chi connectivity index (χ1n) is 9.95. The average molecular weight is 471 g/mol. The summed E-state index contributed by atoms with van der Waals surface area (Å²) in [6.07, 6.45) is 2.06. The largest absolute Gasteiger partial charge is 0.374 e. The highest BCUT2D eigenvalue weighted by molar-refractivity contribution is 7.94. The Morgan fingerprint density at radius 3 is 2.47 bits per heavy atom. The van der Waals surface area contributed by atoms with Crippen molar-refractivity contribution in [3.8, 4) is 0 Å². The monoisotopic (exact) mass is 470 g/mol. The first-order chi connectivity index (χ1) is 14.2. The molecule has 6 nitrogen and oxygen atoms in total. The third kappa shape index (κ3) is 4.08. The maximum Gasteiger partial charge on any atom is 0.271 e. The Morgan fingerprint density at radius 2 is 1.87 bits per heavy atom. The van der Waals surface area contributed by atoms with Gasteiger partial charge in [0.1, 0.15) is 9.81 Å². The molecule has 2 aliphatic rings. The molecule has 1 aromatic heterocycles. The fourth-order valence-electron chi connectivity index (χ4n) is 3.81. The van der Waals surface area contributed by atoms with Crippen LogP contribution in [0.25, 0.3) is 0 Å². The second-order valence-electron chi connectivity index (χ2n) is 8.70. The fraction of sp³-hybridized carbons (Fsp3) is 0.524. The average Bonchev–Trinajstić information content (AvgIpc) is 3.13. The minimum Gasteiger partial charge on any atom is -0.374 e. The fourth-order valence-corrected chi connectivity index (χ4v) is 6.61. The molecule has 0 atom stereocenters. The van der Waals surface area contributed by atoms with Crippen molar-refractivity contribution in [1.82, 2.24) is 0 Å². The number of nitrogens with zero attached hydrogens (tertiary/aromatic N) is 1. The number of halogens is 1. The molecule has 0 radical (unpaired) electrons. The van der Waals surface area contributed by atoms with Crippen molar-refractivity contribution in [2.75, 3.05) is 43.0 Å². The lowest BCUT2D eigenvalue weighted by atomic mass is 9.82. The van der Waals surface area contributed by atoms with Crippen LogP contribution in [0.3, 0.4) is 0 Å². The van der Waals surface area contributed by atoms with E-state index in [9.17, 15) is 8.42 Å². The number of benzene rings is 1. The second kappa shape index (κ2) is 7.98. The highest BCUT2D eigenvalue weighted by Gasteiger charge is 2.42. The van der Waals surface area contributed by atoms with Gasteiger partial charge in [0, 0.05) is 25.1 Å². The summed E-state index contributed by atoms with van der Waals surface area (Å²) in [5, 5.41) is 0.548. The number of methoxy groups -OCH3 is 1. The normalized spacial score (nSPS) is 20.6. The zero-order chi connectivity index (χ0) is 21.6. The van der Waals surface area contributed by atoms with Crippen molar-refractivity contribution in [1.29, 1.82) is 0 Å². The lowest BCUT2D eigenvalue weighted by Crippen LogP contribution is -2.47. The van der Waals surface area contributed by atoms with E-state index in [0.29, 0.717) is 23.9 Å². The molecule has 4 rings (SSSR count). The number of sulfonamides is 1. The highest BCUT2D eigenvalue weighted by Crippen LogP contribution is 2.42. The number of para-hydroxylation sites is 1. The smallest absolute Gasteiger partial charge is 0.271 e. The van der Waals surface area contributed by atoms with Gasteiger partial charge in [-0.15, -0.1) is 11.3 Å². The van der Waals surface area contributed by atoms with Gasteiger partial charge in [-0.1, -0.05) is 31.5 Å². The van der Waals surface area contributed by atoms with Gasteiger partial charge >= 0.3 is 0 Å². The molecule has 9 heteroatoms. The van der Waals surface area contributed by atoms with Crippen LogP contribution >= 0.6 is 22.9 Å². The van der Waals surface area contributed by atoms with Gasteiger partial charge in [-0.05, 0) is 42.5 Å². The summed E-state index contributed by atoms with van der Waals surface area (Å²) in [7, 11) is -2.14. The molecule has 2 aromatic rings. The van der Waals surface area contributed by atoms with Gasteiger partial charge in [0.05, 0.1) is 29.6 Å². The molecule has 30 heavy (non-hydrogen) atoms. The van der Waals surface area contributed by atoms with E-state index in [-0.39, 0.29) is 9.62 Å². The van der Waals surface area contributed by atoms with Crippen LogP contribution in [0.1, 0.15) is 31.6 Å². The molecule has 1 aromatic carbocycles. The molecular weight excluding hydrogens is 444 g/mol. The van der Waals surface area contributed by atoms with Crippen LogP contribution in [-0.2, 0) is 25.1 Å². The van der Waals surface area contributed by atoms with Gasteiger partial charge < -0.3 is 14.4 Å². The molecule has 0 aliphatic carbocycles. The van der Waals surface area contributed by atoms with Gasteiger partial charge in [-0.3, -0.25) is 4.72 Å². The SMILES string of the molecule is COC1(c2ccc(S(=O)(=O)Nc3cccc(Cl)c3N3CCC(C)(C)CC3)s2)COC1. The first kappa shape index (κ1) is 21.9. The van der Waals surface area contributed by atoms with Crippen LogP contribution in [0.4, 0.5) is 11.4 Å². The van der Waals surface area contributed by atoms with Gasteiger partial charge in [-0.25, -0.2) is 8.42 Å². The predicted molar refractivity (Wildman–Crippen MR) is 121 cm³/mol. The van der Waals surface area contributed by atoms with E-state index < -0.39 is 15.6 Å². The Hall–Kier alpha value is -1.32. The first-order valence-corrected chi connectivity index (χ1v) is 12.6. The third-order valence-corrected chi connectivity index (χ3v) is 9.45. The van der Waals surface area contributed by atoms with Crippen molar-refractivity contribution >= 4 is 44.3 Å². The quantitative estimate of drug-likeness (QED) is 0.662. The Bertz CT molecular complexity index is 1020. The zero-order valence-electron chi connectivity index (χ0n) is 17.4. The Labute approximate surface area is 187 Å². The van der Waals surface area contributed by atoms with Crippen LogP contribution < -0.4 is 9.62 Å². The van der Waals surface area contributed by atoms with Crippen molar-refractivity contribution in [2.24, 2.45) is 5.41 Å². The molecular formula is C21H27ClN2O4S2. The molecule has 0 bridgehead atoms. The maximum atomic E-state index is 13.2. The number of thiophene rings is 1. The number of hydrogen-bond donors (Lipinski definition) is 1. The number of nitrogens with one attached hydrogen (secondary N) is 1. The molecule has 2 aliphatic heterocycles. The van der Waals surface area contributed by atoms with Crippen LogP contribution in [0.5, 0.6) is 0 Å². The highest BCUT2D eigenvalue weighted by atomic mass is 35.5. The van der Waals surface area contributed by atoms with Gasteiger partial charge in [0.15, 0.2) is 0 Å². The molecule has 2 fully saturated rings. The number of anilines is 2. The summed E-state index contributed by atoms with van der Waals surface area (Å²) in [6, 6.07) is 8.76. The Morgan fingerprint density at radius 1 is 1.17 bits per heavy atom. The number of hydrogen-bond acceptors (Lipinski definition) is 6. The second-order valence-corrected chi connectivity index (χ2v) is 12.1. The molecule has 1 N–H and O–H groups in total. The van der Waals surface area contributed by atoms with Crippen LogP contribution in [0.2, 0.25) is 5.02 Å². The molecule has 0 unspecified atom stereocenters. The van der Waals surface area contributed by atoms with Gasteiger partial charge in [0.2, 0.25) is 0 Å². The number of piperidine rings is 1. The summed E-state index contributed by atoms with van der Waals surface area (Å²) < 4.78 is 40.2. The van der Waals surface area contributed by atoms with Gasteiger partial charge in [0.25, 0.3) is 10.0 Å². The van der Waals surface area contributed by atoms with E-state index in [4.69, 9.17) is 21.1 Å². The van der Waals surface area contributed by atoms with Crippen molar-refractivity contribution in [3.05, 3.63) is 40.2 Å².